The molecule has 7 rings (SSSR count). The Morgan fingerprint density at radius 3 is 2.58 bits per heavy atom. The zero-order valence-electron chi connectivity index (χ0n) is 19.9. The van der Waals surface area contributed by atoms with Gasteiger partial charge in [0.25, 0.3) is 0 Å². The SMILES string of the molecule is O=C(N1CCC(N2C[C](n3cc(-c4ncnc5[nH]ccc45)cn3)C2)CC1)C1(c2ccc(Cl)cc2)CC1. The third-order valence-electron chi connectivity index (χ3n) is 8.13. The smallest absolute Gasteiger partial charge is 0.233 e. The molecular weight excluding hydrogens is 474 g/mol. The van der Waals surface area contributed by atoms with Crippen molar-refractivity contribution in [3.63, 3.8) is 0 Å². The number of nitrogens with zero attached hydrogens (tertiary/aromatic N) is 6. The van der Waals surface area contributed by atoms with Gasteiger partial charge >= 0.3 is 0 Å². The predicted molar refractivity (Wildman–Crippen MR) is 137 cm³/mol. The summed E-state index contributed by atoms with van der Waals surface area (Å²) in [5.41, 5.74) is 3.52. The maximum Gasteiger partial charge on any atom is 0.233 e. The van der Waals surface area contributed by atoms with Crippen LogP contribution in [-0.2, 0) is 10.2 Å². The summed E-state index contributed by atoms with van der Waals surface area (Å²) >= 11 is 6.06. The van der Waals surface area contributed by atoms with E-state index in [1.54, 1.807) is 6.33 Å². The number of benzene rings is 1. The molecule has 0 spiro atoms. The highest BCUT2D eigenvalue weighted by Gasteiger charge is 2.53. The van der Waals surface area contributed by atoms with Crippen LogP contribution in [0.3, 0.4) is 0 Å². The molecule has 3 fully saturated rings. The second kappa shape index (κ2) is 8.42. The lowest BCUT2D eigenvalue weighted by molar-refractivity contribution is -0.135. The number of amides is 1. The molecule has 3 aliphatic rings. The predicted octanol–water partition coefficient (Wildman–Crippen LogP) is 3.89. The zero-order valence-corrected chi connectivity index (χ0v) is 20.7. The van der Waals surface area contributed by atoms with E-state index >= 15 is 0 Å². The van der Waals surface area contributed by atoms with Gasteiger partial charge in [-0.15, -0.1) is 0 Å². The number of halogens is 1. The van der Waals surface area contributed by atoms with Gasteiger partial charge in [0.1, 0.15) is 18.0 Å². The second-order valence-electron chi connectivity index (χ2n) is 10.2. The van der Waals surface area contributed by atoms with Crippen LogP contribution < -0.4 is 0 Å². The number of H-pyrrole nitrogens is 1. The van der Waals surface area contributed by atoms with Crippen LogP contribution in [0.2, 0.25) is 5.02 Å². The quantitative estimate of drug-likeness (QED) is 0.449. The normalized spacial score (nSPS) is 20.5. The lowest BCUT2D eigenvalue weighted by Gasteiger charge is -2.46. The van der Waals surface area contributed by atoms with E-state index in [9.17, 15) is 4.79 Å². The van der Waals surface area contributed by atoms with Crippen molar-refractivity contribution >= 4 is 28.5 Å². The third-order valence-corrected chi connectivity index (χ3v) is 8.38. The van der Waals surface area contributed by atoms with Crippen molar-refractivity contribution in [2.75, 3.05) is 26.2 Å². The topological polar surface area (TPSA) is 82.9 Å². The minimum atomic E-state index is -0.317. The Balaban J connectivity index is 0.951. The number of rotatable bonds is 5. The summed E-state index contributed by atoms with van der Waals surface area (Å²) in [6.07, 6.45) is 11.3. The van der Waals surface area contributed by atoms with Gasteiger partial charge in [-0.05, 0) is 49.4 Å². The third kappa shape index (κ3) is 3.62. The Hall–Kier alpha value is -3.23. The van der Waals surface area contributed by atoms with E-state index in [4.69, 9.17) is 11.6 Å². The highest BCUT2D eigenvalue weighted by Crippen LogP contribution is 2.50. The number of carbonyl (C=O) groups is 1. The van der Waals surface area contributed by atoms with Crippen LogP contribution in [0.5, 0.6) is 0 Å². The van der Waals surface area contributed by atoms with Crippen LogP contribution in [0.1, 0.15) is 31.2 Å². The molecule has 1 saturated carbocycles. The first-order chi connectivity index (χ1) is 17.6. The molecule has 1 aromatic carbocycles. The molecule has 3 aromatic heterocycles. The second-order valence-corrected chi connectivity index (χ2v) is 10.7. The molecule has 4 aromatic rings. The van der Waals surface area contributed by atoms with E-state index < -0.39 is 0 Å². The van der Waals surface area contributed by atoms with Crippen LogP contribution in [-0.4, -0.2) is 72.7 Å². The molecule has 0 atom stereocenters. The Kier molecular flexibility index (Phi) is 5.15. The fourth-order valence-corrected chi connectivity index (χ4v) is 5.93. The molecule has 1 radical (unpaired) electrons. The average molecular weight is 501 g/mol. The number of carbonyl (C=O) groups excluding carboxylic acids is 1. The van der Waals surface area contributed by atoms with Crippen molar-refractivity contribution < 1.29 is 4.79 Å². The van der Waals surface area contributed by atoms with Crippen molar-refractivity contribution in [1.82, 2.24) is 34.5 Å². The molecule has 2 saturated heterocycles. The van der Waals surface area contributed by atoms with Crippen LogP contribution in [0.25, 0.3) is 22.3 Å². The van der Waals surface area contributed by atoms with Crippen molar-refractivity contribution in [3.8, 4) is 11.3 Å². The Labute approximate surface area is 214 Å². The summed E-state index contributed by atoms with van der Waals surface area (Å²) in [6, 6.07) is 11.6. The molecule has 5 heterocycles. The summed E-state index contributed by atoms with van der Waals surface area (Å²) < 4.78 is 1.99. The van der Waals surface area contributed by atoms with Crippen LogP contribution >= 0.6 is 11.6 Å². The monoisotopic (exact) mass is 500 g/mol. The largest absolute Gasteiger partial charge is 0.346 e. The van der Waals surface area contributed by atoms with Crippen LogP contribution in [0, 0.1) is 6.04 Å². The zero-order chi connectivity index (χ0) is 24.3. The lowest BCUT2D eigenvalue weighted by Crippen LogP contribution is -2.57. The fraction of sp³-hybridized carbons (Fsp3) is 0.370. The van der Waals surface area contributed by atoms with Gasteiger partial charge in [0.2, 0.25) is 5.91 Å². The molecule has 2 aliphatic heterocycles. The maximum atomic E-state index is 13.4. The van der Waals surface area contributed by atoms with Crippen molar-refractivity contribution in [1.29, 1.82) is 0 Å². The summed E-state index contributed by atoms with van der Waals surface area (Å²) in [7, 11) is 0. The molecule has 183 valence electrons. The van der Waals surface area contributed by atoms with Gasteiger partial charge in [0, 0.05) is 60.6 Å². The van der Waals surface area contributed by atoms with Gasteiger partial charge in [-0.3, -0.25) is 14.4 Å². The molecule has 0 unspecified atom stereocenters. The maximum absolute atomic E-state index is 13.4. The number of fused-ring (bicyclic) bond motifs is 1. The number of piperidine rings is 1. The molecule has 1 aliphatic carbocycles. The van der Waals surface area contributed by atoms with Crippen molar-refractivity contribution in [2.45, 2.75) is 37.1 Å². The number of nitrogens with one attached hydrogen (secondary N) is 1. The van der Waals surface area contributed by atoms with Gasteiger partial charge in [0.15, 0.2) is 0 Å². The van der Waals surface area contributed by atoms with E-state index in [-0.39, 0.29) is 5.41 Å². The Morgan fingerprint density at radius 1 is 1.06 bits per heavy atom. The highest BCUT2D eigenvalue weighted by atomic mass is 35.5. The van der Waals surface area contributed by atoms with Crippen molar-refractivity contribution in [3.05, 3.63) is 71.9 Å². The Morgan fingerprint density at radius 2 is 1.83 bits per heavy atom. The van der Waals surface area contributed by atoms with E-state index in [1.807, 2.05) is 47.4 Å². The summed E-state index contributed by atoms with van der Waals surface area (Å²) in [5, 5.41) is 6.33. The molecule has 9 heteroatoms. The van der Waals surface area contributed by atoms with Crippen LogP contribution in [0.4, 0.5) is 0 Å². The number of hydrogen-bond donors (Lipinski definition) is 1. The first-order valence-electron chi connectivity index (χ1n) is 12.6. The molecule has 1 N–H and O–H groups in total. The molecule has 0 bridgehead atoms. The van der Waals surface area contributed by atoms with E-state index in [0.29, 0.717) is 17.0 Å². The summed E-state index contributed by atoms with van der Waals surface area (Å²) in [5.74, 6) is 0.296. The van der Waals surface area contributed by atoms with E-state index in [1.165, 1.54) is 6.04 Å². The number of aromatic amines is 1. The summed E-state index contributed by atoms with van der Waals surface area (Å²) in [6.45, 7) is 3.49. The van der Waals surface area contributed by atoms with E-state index in [0.717, 1.165) is 79.7 Å². The number of likely N-dealkylation sites (tertiary alicyclic amines) is 2. The minimum absolute atomic E-state index is 0.296. The molecule has 36 heavy (non-hydrogen) atoms. The standard InChI is InChI=1S/C27H27ClN7O/c28-20-3-1-19(2-4-20)27(8-9-27)26(36)33-11-6-21(7-12-33)34-15-22(16-34)35-14-18(13-32-35)24-23-5-10-29-25(23)31-17-30-24/h1-5,10,13-14,17,21H,6-9,11-12,15-16H2,(H,29,30,31). The van der Waals surface area contributed by atoms with Crippen molar-refractivity contribution in [2.24, 2.45) is 0 Å². The molecular formula is C27H27ClN7O. The average Bonchev–Trinajstić information content (AvgIpc) is 3.30. The Bertz CT molecular complexity index is 1410. The number of hydrogen-bond acceptors (Lipinski definition) is 5. The van der Waals surface area contributed by atoms with Gasteiger partial charge in [0.05, 0.1) is 17.3 Å². The molecule has 1 amide bonds. The first kappa shape index (κ1) is 22.0. The molecule has 8 nitrogen and oxygen atoms in total. The highest BCUT2D eigenvalue weighted by molar-refractivity contribution is 6.30. The lowest BCUT2D eigenvalue weighted by atomic mass is 9.92. The summed E-state index contributed by atoms with van der Waals surface area (Å²) in [4.78, 5) is 29.9. The van der Waals surface area contributed by atoms with Crippen LogP contribution in [0.15, 0.2) is 55.2 Å². The first-order valence-corrected chi connectivity index (χ1v) is 13.0. The van der Waals surface area contributed by atoms with E-state index in [2.05, 4.69) is 36.0 Å². The van der Waals surface area contributed by atoms with Gasteiger partial charge < -0.3 is 9.88 Å². The van der Waals surface area contributed by atoms with Gasteiger partial charge in [-0.2, -0.15) is 5.10 Å². The fourth-order valence-electron chi connectivity index (χ4n) is 5.80. The van der Waals surface area contributed by atoms with Gasteiger partial charge in [-0.25, -0.2) is 9.97 Å². The number of aromatic nitrogens is 5. The minimum Gasteiger partial charge on any atom is -0.346 e. The van der Waals surface area contributed by atoms with Gasteiger partial charge in [-0.1, -0.05) is 23.7 Å².